The van der Waals surface area contributed by atoms with E-state index in [-0.39, 0.29) is 0 Å². The lowest BCUT2D eigenvalue weighted by Crippen LogP contribution is -2.17. The predicted octanol–water partition coefficient (Wildman–Crippen LogP) is 2.85. The van der Waals surface area contributed by atoms with Gasteiger partial charge in [-0.2, -0.15) is 5.10 Å². The zero-order chi connectivity index (χ0) is 14.9. The zero-order valence-corrected chi connectivity index (χ0v) is 13.9. The van der Waals surface area contributed by atoms with Crippen LogP contribution in [0, 0.1) is 6.92 Å². The molecule has 2 rings (SSSR count). The maximum Gasteiger partial charge on any atom is 0.263 e. The number of nitrogens with zero attached hydrogens (tertiary/aromatic N) is 2. The van der Waals surface area contributed by atoms with Crippen LogP contribution >= 0.6 is 15.9 Å². The summed E-state index contributed by atoms with van der Waals surface area (Å²) in [7, 11) is -1.91. The van der Waals surface area contributed by atoms with E-state index in [0.717, 1.165) is 15.7 Å². The van der Waals surface area contributed by atoms with Crippen LogP contribution in [0.3, 0.4) is 0 Å². The molecule has 0 bridgehead atoms. The van der Waals surface area contributed by atoms with E-state index in [2.05, 4.69) is 25.8 Å². The quantitative estimate of drug-likeness (QED) is 0.914. The first-order valence-electron chi connectivity index (χ1n) is 6.15. The molecule has 5 nitrogen and oxygen atoms in total. The third-order valence-electron chi connectivity index (χ3n) is 2.93. The van der Waals surface area contributed by atoms with Gasteiger partial charge in [0.25, 0.3) is 10.0 Å². The molecule has 1 aromatic carbocycles. The number of benzene rings is 1. The van der Waals surface area contributed by atoms with Crippen LogP contribution < -0.4 is 4.72 Å². The summed E-state index contributed by atoms with van der Waals surface area (Å²) in [6, 6.07) is 6.85. The predicted molar refractivity (Wildman–Crippen MR) is 82.3 cm³/mol. The molecule has 2 aromatic rings. The standard InChI is InChI=1S/C13H16BrN3O2S/c1-4-10-8-11(14)5-6-12(10)20(18,19)16-13-7-9(2)15-17(13)3/h5-8,16H,4H2,1-3H3. The molecule has 7 heteroatoms. The molecule has 1 aromatic heterocycles. The number of halogens is 1. The summed E-state index contributed by atoms with van der Waals surface area (Å²) in [5.74, 6) is 0.451. The smallest absolute Gasteiger partial charge is 0.263 e. The minimum atomic E-state index is -3.61. The highest BCUT2D eigenvalue weighted by molar-refractivity contribution is 9.10. The fraction of sp³-hybridized carbons (Fsp3) is 0.308. The van der Waals surface area contributed by atoms with Crippen molar-refractivity contribution in [1.82, 2.24) is 9.78 Å². The topological polar surface area (TPSA) is 64.0 Å². The Morgan fingerprint density at radius 1 is 1.35 bits per heavy atom. The molecule has 20 heavy (non-hydrogen) atoms. The minimum absolute atomic E-state index is 0.294. The van der Waals surface area contributed by atoms with Gasteiger partial charge in [0.15, 0.2) is 0 Å². The average molecular weight is 358 g/mol. The molecular formula is C13H16BrN3O2S. The van der Waals surface area contributed by atoms with Crippen LogP contribution in [-0.4, -0.2) is 18.2 Å². The van der Waals surface area contributed by atoms with Crippen LogP contribution in [0.5, 0.6) is 0 Å². The second-order valence-corrected chi connectivity index (χ2v) is 7.07. The summed E-state index contributed by atoms with van der Waals surface area (Å²) in [5.41, 5.74) is 1.53. The van der Waals surface area contributed by atoms with Gasteiger partial charge in [0.1, 0.15) is 5.82 Å². The lowest BCUT2D eigenvalue weighted by Gasteiger charge is -2.11. The van der Waals surface area contributed by atoms with Gasteiger partial charge in [-0.1, -0.05) is 22.9 Å². The van der Waals surface area contributed by atoms with E-state index in [1.165, 1.54) is 4.68 Å². The van der Waals surface area contributed by atoms with E-state index in [4.69, 9.17) is 0 Å². The van der Waals surface area contributed by atoms with E-state index < -0.39 is 10.0 Å². The normalized spacial score (nSPS) is 11.6. The third-order valence-corrected chi connectivity index (χ3v) is 4.88. The highest BCUT2D eigenvalue weighted by Crippen LogP contribution is 2.23. The van der Waals surface area contributed by atoms with Crippen LogP contribution in [0.2, 0.25) is 0 Å². The third kappa shape index (κ3) is 3.04. The molecule has 1 N–H and O–H groups in total. The fourth-order valence-electron chi connectivity index (χ4n) is 1.99. The Kier molecular flexibility index (Phi) is 4.19. The Hall–Kier alpha value is -1.34. The molecule has 0 radical (unpaired) electrons. The van der Waals surface area contributed by atoms with Gasteiger partial charge in [-0.25, -0.2) is 8.42 Å². The summed E-state index contributed by atoms with van der Waals surface area (Å²) in [4.78, 5) is 0.294. The van der Waals surface area contributed by atoms with Crippen molar-refractivity contribution in [2.45, 2.75) is 25.2 Å². The molecule has 0 spiro atoms. The Labute approximate surface area is 127 Å². The van der Waals surface area contributed by atoms with Crippen LogP contribution in [0.1, 0.15) is 18.2 Å². The van der Waals surface area contributed by atoms with Crippen LogP contribution in [0.4, 0.5) is 5.82 Å². The molecule has 0 saturated heterocycles. The van der Waals surface area contributed by atoms with Gasteiger partial charge in [0, 0.05) is 17.6 Å². The second-order valence-electron chi connectivity index (χ2n) is 4.51. The first kappa shape index (κ1) is 15.1. The molecule has 0 atom stereocenters. The summed E-state index contributed by atoms with van der Waals surface area (Å²) >= 11 is 3.36. The van der Waals surface area contributed by atoms with Crippen molar-refractivity contribution in [2.24, 2.45) is 7.05 Å². The minimum Gasteiger partial charge on any atom is -0.264 e. The van der Waals surface area contributed by atoms with Gasteiger partial charge in [-0.15, -0.1) is 0 Å². The number of anilines is 1. The van der Waals surface area contributed by atoms with Crippen molar-refractivity contribution in [3.8, 4) is 0 Å². The molecule has 0 amide bonds. The molecule has 0 aliphatic heterocycles. The molecule has 1 heterocycles. The van der Waals surface area contributed by atoms with Crippen molar-refractivity contribution < 1.29 is 8.42 Å². The summed E-state index contributed by atoms with van der Waals surface area (Å²) in [6.45, 7) is 3.74. The highest BCUT2D eigenvalue weighted by atomic mass is 79.9. The lowest BCUT2D eigenvalue weighted by molar-refractivity contribution is 0.599. The van der Waals surface area contributed by atoms with Gasteiger partial charge >= 0.3 is 0 Å². The maximum absolute atomic E-state index is 12.5. The molecule has 0 fully saturated rings. The molecular weight excluding hydrogens is 342 g/mol. The summed E-state index contributed by atoms with van der Waals surface area (Å²) in [6.07, 6.45) is 0.639. The maximum atomic E-state index is 12.5. The Balaban J connectivity index is 2.43. The van der Waals surface area contributed by atoms with Gasteiger partial charge < -0.3 is 0 Å². The number of aromatic nitrogens is 2. The number of nitrogens with one attached hydrogen (secondary N) is 1. The van der Waals surface area contributed by atoms with Crippen molar-refractivity contribution in [2.75, 3.05) is 4.72 Å². The lowest BCUT2D eigenvalue weighted by atomic mass is 10.2. The molecule has 0 aliphatic carbocycles. The van der Waals surface area contributed by atoms with Crippen LogP contribution in [0.15, 0.2) is 33.6 Å². The van der Waals surface area contributed by atoms with Gasteiger partial charge in [0.05, 0.1) is 10.6 Å². The average Bonchev–Trinajstić information content (AvgIpc) is 2.66. The number of hydrogen-bond donors (Lipinski definition) is 1. The zero-order valence-electron chi connectivity index (χ0n) is 11.5. The van der Waals surface area contributed by atoms with E-state index >= 15 is 0 Å². The van der Waals surface area contributed by atoms with E-state index in [9.17, 15) is 8.42 Å². The first-order chi connectivity index (χ1) is 9.33. The number of aryl methyl sites for hydroxylation is 3. The Morgan fingerprint density at radius 2 is 2.05 bits per heavy atom. The monoisotopic (exact) mass is 357 g/mol. The van der Waals surface area contributed by atoms with E-state index in [0.29, 0.717) is 17.1 Å². The van der Waals surface area contributed by atoms with Crippen LogP contribution in [0.25, 0.3) is 0 Å². The molecule has 108 valence electrons. The molecule has 0 unspecified atom stereocenters. The van der Waals surface area contributed by atoms with Crippen molar-refractivity contribution in [3.05, 3.63) is 40.0 Å². The Morgan fingerprint density at radius 3 is 2.60 bits per heavy atom. The van der Waals surface area contributed by atoms with E-state index in [1.54, 1.807) is 25.2 Å². The SMILES string of the molecule is CCc1cc(Br)ccc1S(=O)(=O)Nc1cc(C)nn1C. The fourth-order valence-corrected chi connectivity index (χ4v) is 3.77. The van der Waals surface area contributed by atoms with Gasteiger partial charge in [-0.05, 0) is 37.1 Å². The van der Waals surface area contributed by atoms with Crippen molar-refractivity contribution in [3.63, 3.8) is 0 Å². The summed E-state index contributed by atoms with van der Waals surface area (Å²) in [5, 5.41) is 4.13. The molecule has 0 saturated carbocycles. The molecule has 0 aliphatic rings. The van der Waals surface area contributed by atoms with Crippen LogP contribution in [-0.2, 0) is 23.5 Å². The number of rotatable bonds is 4. The summed E-state index contributed by atoms with van der Waals surface area (Å²) < 4.78 is 29.9. The number of hydrogen-bond acceptors (Lipinski definition) is 3. The number of sulfonamides is 1. The Bertz CT molecular complexity index is 738. The largest absolute Gasteiger partial charge is 0.264 e. The van der Waals surface area contributed by atoms with Gasteiger partial charge in [-0.3, -0.25) is 9.40 Å². The van der Waals surface area contributed by atoms with Crippen molar-refractivity contribution in [1.29, 1.82) is 0 Å². The van der Waals surface area contributed by atoms with E-state index in [1.807, 2.05) is 19.9 Å². The van der Waals surface area contributed by atoms with Gasteiger partial charge in [0.2, 0.25) is 0 Å². The first-order valence-corrected chi connectivity index (χ1v) is 8.43. The van der Waals surface area contributed by atoms with Crippen molar-refractivity contribution >= 4 is 31.8 Å². The second kappa shape index (κ2) is 5.57. The highest BCUT2D eigenvalue weighted by Gasteiger charge is 2.19.